The van der Waals surface area contributed by atoms with Gasteiger partial charge in [0.1, 0.15) is 5.82 Å². The lowest BCUT2D eigenvalue weighted by atomic mass is 9.72. The van der Waals surface area contributed by atoms with E-state index in [1.54, 1.807) is 49.1 Å². The van der Waals surface area contributed by atoms with Crippen molar-refractivity contribution in [2.24, 2.45) is 11.8 Å². The Morgan fingerprint density at radius 2 is 1.63 bits per heavy atom. The average molecular weight is 483 g/mol. The number of carboxylic acid groups (broad SMARTS) is 1. The highest BCUT2D eigenvalue weighted by atomic mass is 19.1. The van der Waals surface area contributed by atoms with Gasteiger partial charge in [-0.3, -0.25) is 29.0 Å². The smallest absolute Gasteiger partial charge is 0.310 e. The normalized spacial score (nSPS) is 22.3. The van der Waals surface area contributed by atoms with Gasteiger partial charge in [0, 0.05) is 32.1 Å². The molecule has 0 radical (unpaired) electrons. The molecule has 8 nitrogen and oxygen atoms in total. The molecule has 1 saturated heterocycles. The van der Waals surface area contributed by atoms with Crippen molar-refractivity contribution in [1.82, 2.24) is 9.80 Å². The van der Waals surface area contributed by atoms with Crippen molar-refractivity contribution in [2.75, 3.05) is 32.8 Å². The summed E-state index contributed by atoms with van der Waals surface area (Å²) in [4.78, 5) is 53.6. The number of fused-ring (bicyclic) bond motifs is 1. The van der Waals surface area contributed by atoms with Crippen molar-refractivity contribution in [1.29, 1.82) is 0 Å². The number of carbonyl (C=O) groups excluding carboxylic acids is 3. The molecule has 1 N–H and O–H groups in total. The van der Waals surface area contributed by atoms with Gasteiger partial charge in [-0.1, -0.05) is 24.3 Å². The summed E-state index contributed by atoms with van der Waals surface area (Å²) in [5.74, 6) is -5.58. The average Bonchev–Trinajstić information content (AvgIpc) is 3.08. The fourth-order valence-corrected chi connectivity index (χ4v) is 5.13. The Kier molecular flexibility index (Phi) is 6.98. The topological polar surface area (TPSA) is 104 Å². The van der Waals surface area contributed by atoms with Crippen LogP contribution in [0.5, 0.6) is 0 Å². The molecule has 2 aliphatic heterocycles. The number of esters is 1. The van der Waals surface area contributed by atoms with Crippen LogP contribution < -0.4 is 0 Å². The third kappa shape index (κ3) is 4.55. The lowest BCUT2D eigenvalue weighted by Crippen LogP contribution is -2.52. The minimum absolute atomic E-state index is 0.0535. The predicted octanol–water partition coefficient (Wildman–Crippen LogP) is 2.71. The summed E-state index contributed by atoms with van der Waals surface area (Å²) in [6.45, 7) is 3.84. The lowest BCUT2D eigenvalue weighted by Gasteiger charge is -2.42. The highest BCUT2D eigenvalue weighted by Gasteiger charge is 2.46. The van der Waals surface area contributed by atoms with Crippen LogP contribution in [0.1, 0.15) is 44.7 Å². The number of carbonyl (C=O) groups is 4. The van der Waals surface area contributed by atoms with Gasteiger partial charge in [0.2, 0.25) is 0 Å². The first-order valence-corrected chi connectivity index (χ1v) is 11.6. The quantitative estimate of drug-likeness (QED) is 0.478. The maximum atomic E-state index is 14.4. The number of amides is 2. The second-order valence-electron chi connectivity index (χ2n) is 8.85. The predicted molar refractivity (Wildman–Crippen MR) is 123 cm³/mol. The Labute approximate surface area is 202 Å². The zero-order chi connectivity index (χ0) is 25.3. The summed E-state index contributed by atoms with van der Waals surface area (Å²) in [6.07, 6.45) is 0. The zero-order valence-electron chi connectivity index (χ0n) is 19.6. The largest absolute Gasteiger partial charge is 0.481 e. The third-order valence-corrected chi connectivity index (χ3v) is 6.87. The number of benzene rings is 2. The van der Waals surface area contributed by atoms with Gasteiger partial charge in [0.05, 0.1) is 29.6 Å². The fraction of sp³-hybridized carbons (Fsp3) is 0.385. The zero-order valence-corrected chi connectivity index (χ0v) is 19.6. The van der Waals surface area contributed by atoms with Crippen LogP contribution in [0, 0.1) is 24.6 Å². The summed E-state index contributed by atoms with van der Waals surface area (Å²) >= 11 is 0. The van der Waals surface area contributed by atoms with E-state index in [0.717, 1.165) is 4.90 Å². The molecule has 9 heteroatoms. The minimum Gasteiger partial charge on any atom is -0.481 e. The number of aliphatic carboxylic acids is 1. The molecule has 2 aromatic rings. The number of carboxylic acids is 1. The van der Waals surface area contributed by atoms with E-state index in [2.05, 4.69) is 0 Å². The van der Waals surface area contributed by atoms with Gasteiger partial charge in [-0.2, -0.15) is 0 Å². The number of ether oxygens (including phenoxy) is 1. The lowest BCUT2D eigenvalue weighted by molar-refractivity contribution is -0.155. The van der Waals surface area contributed by atoms with Crippen LogP contribution in [0.25, 0.3) is 0 Å². The van der Waals surface area contributed by atoms with E-state index in [0.29, 0.717) is 22.3 Å². The van der Waals surface area contributed by atoms with E-state index in [4.69, 9.17) is 4.74 Å². The number of hydrogen-bond acceptors (Lipinski definition) is 6. The molecule has 35 heavy (non-hydrogen) atoms. The fourth-order valence-electron chi connectivity index (χ4n) is 5.13. The van der Waals surface area contributed by atoms with Gasteiger partial charge in [0.15, 0.2) is 0 Å². The summed E-state index contributed by atoms with van der Waals surface area (Å²) < 4.78 is 19.6. The Morgan fingerprint density at radius 3 is 2.23 bits per heavy atom. The standard InChI is InChI=1S/C26H27FN2O6/c1-3-35-26(34)20-14-28(11-12-29-23(30)17-7-4-5-8-18(17)24(29)31)13-19(25(32)33)22(20)16-9-6-10-21(27)15(16)2/h4-10,19-20,22H,3,11-14H2,1-2H3,(H,32,33). The third-order valence-electron chi connectivity index (χ3n) is 6.87. The molecule has 0 aliphatic carbocycles. The first kappa shape index (κ1) is 24.5. The van der Waals surface area contributed by atoms with Crippen molar-refractivity contribution in [3.05, 3.63) is 70.5 Å². The molecule has 2 aromatic carbocycles. The van der Waals surface area contributed by atoms with Crippen molar-refractivity contribution in [2.45, 2.75) is 19.8 Å². The van der Waals surface area contributed by atoms with Gasteiger partial charge in [0.25, 0.3) is 11.8 Å². The molecule has 2 heterocycles. The van der Waals surface area contributed by atoms with Crippen LogP contribution in [-0.4, -0.2) is 71.4 Å². The molecule has 3 unspecified atom stereocenters. The monoisotopic (exact) mass is 482 g/mol. The number of hydrogen-bond donors (Lipinski definition) is 1. The highest BCUT2D eigenvalue weighted by Crippen LogP contribution is 2.40. The van der Waals surface area contributed by atoms with Crippen LogP contribution in [-0.2, 0) is 14.3 Å². The first-order valence-electron chi connectivity index (χ1n) is 11.6. The van der Waals surface area contributed by atoms with Gasteiger partial charge in [-0.05, 0) is 43.2 Å². The molecule has 184 valence electrons. The van der Waals surface area contributed by atoms with Crippen LogP contribution in [0.4, 0.5) is 4.39 Å². The van der Waals surface area contributed by atoms with Gasteiger partial charge in [-0.15, -0.1) is 0 Å². The summed E-state index contributed by atoms with van der Waals surface area (Å²) in [7, 11) is 0. The van der Waals surface area contributed by atoms with Crippen molar-refractivity contribution in [3.8, 4) is 0 Å². The van der Waals surface area contributed by atoms with Crippen LogP contribution in [0.2, 0.25) is 0 Å². The Bertz CT molecular complexity index is 1150. The van der Waals surface area contributed by atoms with Gasteiger partial charge in [-0.25, -0.2) is 4.39 Å². The molecule has 0 aromatic heterocycles. The van der Waals surface area contributed by atoms with Crippen molar-refractivity contribution >= 4 is 23.8 Å². The maximum absolute atomic E-state index is 14.4. The summed E-state index contributed by atoms with van der Waals surface area (Å²) in [6, 6.07) is 11.0. The summed E-state index contributed by atoms with van der Waals surface area (Å²) in [5, 5.41) is 10.1. The van der Waals surface area contributed by atoms with Crippen LogP contribution in [0.15, 0.2) is 42.5 Å². The Balaban J connectivity index is 1.59. The van der Waals surface area contributed by atoms with E-state index >= 15 is 0 Å². The van der Waals surface area contributed by atoms with Gasteiger partial charge < -0.3 is 9.84 Å². The van der Waals surface area contributed by atoms with E-state index in [-0.39, 0.29) is 32.8 Å². The molecular weight excluding hydrogens is 455 g/mol. The Hall–Kier alpha value is -3.59. The van der Waals surface area contributed by atoms with Crippen LogP contribution >= 0.6 is 0 Å². The van der Waals surface area contributed by atoms with E-state index in [1.807, 2.05) is 0 Å². The van der Waals surface area contributed by atoms with Gasteiger partial charge >= 0.3 is 11.9 Å². The second-order valence-corrected chi connectivity index (χ2v) is 8.85. The number of imide groups is 1. The molecule has 0 saturated carbocycles. The molecule has 3 atom stereocenters. The maximum Gasteiger partial charge on any atom is 0.310 e. The number of halogens is 1. The number of piperidine rings is 1. The molecular formula is C26H27FN2O6. The first-order chi connectivity index (χ1) is 16.7. The SMILES string of the molecule is CCOC(=O)C1CN(CCN2C(=O)c3ccccc3C2=O)CC(C(=O)O)C1c1cccc(F)c1C. The van der Waals surface area contributed by atoms with E-state index in [1.165, 1.54) is 12.1 Å². The second kappa shape index (κ2) is 9.95. The Morgan fingerprint density at radius 1 is 1.00 bits per heavy atom. The molecule has 0 spiro atoms. The number of rotatable bonds is 7. The highest BCUT2D eigenvalue weighted by molar-refractivity contribution is 6.21. The molecule has 0 bridgehead atoms. The van der Waals surface area contributed by atoms with Crippen molar-refractivity contribution < 1.29 is 33.4 Å². The minimum atomic E-state index is -1.11. The van der Waals surface area contributed by atoms with Crippen molar-refractivity contribution in [3.63, 3.8) is 0 Å². The van der Waals surface area contributed by atoms with E-state index < -0.39 is 47.3 Å². The molecule has 2 amide bonds. The molecule has 4 rings (SSSR count). The number of nitrogens with zero attached hydrogens (tertiary/aromatic N) is 2. The molecule has 1 fully saturated rings. The van der Waals surface area contributed by atoms with Crippen LogP contribution in [0.3, 0.4) is 0 Å². The number of likely N-dealkylation sites (tertiary alicyclic amines) is 1. The summed E-state index contributed by atoms with van der Waals surface area (Å²) in [5.41, 5.74) is 1.45. The van der Waals surface area contributed by atoms with E-state index in [9.17, 15) is 28.7 Å². The molecule has 2 aliphatic rings.